The Morgan fingerprint density at radius 1 is 1.53 bits per heavy atom. The Hall–Kier alpha value is -2.15. The maximum atomic E-state index is 10.9. The minimum absolute atomic E-state index is 0.0921. The maximum Gasteiger partial charge on any atom is 0.320 e. The summed E-state index contributed by atoms with van der Waals surface area (Å²) in [7, 11) is 0. The highest BCUT2D eigenvalue weighted by Gasteiger charge is 2.17. The second-order valence-electron chi connectivity index (χ2n) is 3.81. The van der Waals surface area contributed by atoms with Gasteiger partial charge in [-0.3, -0.25) is 14.9 Å². The lowest BCUT2D eigenvalue weighted by Gasteiger charge is -2.13. The standard InChI is InChI=1S/C12H16N2O5/c1-2-13-9(12(15)16)7-8-19-11-6-4-3-5-10(11)14(17)18/h3-6,9,13H,2,7-8H2,1H3,(H,15,16). The van der Waals surface area contributed by atoms with E-state index in [9.17, 15) is 14.9 Å². The molecule has 0 fully saturated rings. The number of carbonyl (C=O) groups is 1. The molecule has 0 amide bonds. The molecule has 1 aromatic carbocycles. The molecule has 0 aliphatic rings. The van der Waals surface area contributed by atoms with Crippen LogP contribution in [0.25, 0.3) is 0 Å². The van der Waals surface area contributed by atoms with Crippen LogP contribution in [-0.2, 0) is 4.79 Å². The van der Waals surface area contributed by atoms with Crippen molar-refractivity contribution < 1.29 is 19.6 Å². The van der Waals surface area contributed by atoms with Gasteiger partial charge < -0.3 is 15.2 Å². The summed E-state index contributed by atoms with van der Waals surface area (Å²) in [5, 5.41) is 22.5. The predicted molar refractivity (Wildman–Crippen MR) is 68.3 cm³/mol. The van der Waals surface area contributed by atoms with Crippen molar-refractivity contribution in [1.29, 1.82) is 0 Å². The zero-order valence-corrected chi connectivity index (χ0v) is 10.5. The monoisotopic (exact) mass is 268 g/mol. The van der Waals surface area contributed by atoms with E-state index in [-0.39, 0.29) is 24.5 Å². The fourth-order valence-corrected chi connectivity index (χ4v) is 1.58. The number of nitrogens with one attached hydrogen (secondary N) is 1. The molecule has 0 aromatic heterocycles. The van der Waals surface area contributed by atoms with Gasteiger partial charge in [-0.2, -0.15) is 0 Å². The van der Waals surface area contributed by atoms with Crippen molar-refractivity contribution in [1.82, 2.24) is 5.32 Å². The molecule has 1 rings (SSSR count). The third-order valence-corrected chi connectivity index (χ3v) is 2.47. The van der Waals surface area contributed by atoms with Crippen LogP contribution in [-0.4, -0.2) is 35.2 Å². The molecule has 0 aliphatic carbocycles. The minimum atomic E-state index is -0.965. The summed E-state index contributed by atoms with van der Waals surface area (Å²) in [5.41, 5.74) is -0.127. The van der Waals surface area contributed by atoms with Crippen LogP contribution in [0.1, 0.15) is 13.3 Å². The van der Waals surface area contributed by atoms with Crippen molar-refractivity contribution in [2.75, 3.05) is 13.2 Å². The van der Waals surface area contributed by atoms with Crippen LogP contribution >= 0.6 is 0 Å². The number of rotatable bonds is 8. The number of carboxylic acid groups (broad SMARTS) is 1. The van der Waals surface area contributed by atoms with E-state index in [2.05, 4.69) is 5.32 Å². The van der Waals surface area contributed by atoms with Gasteiger partial charge in [0.1, 0.15) is 6.04 Å². The zero-order valence-electron chi connectivity index (χ0n) is 10.5. The first-order valence-electron chi connectivity index (χ1n) is 5.88. The van der Waals surface area contributed by atoms with E-state index in [0.29, 0.717) is 6.54 Å². The molecule has 19 heavy (non-hydrogen) atoms. The van der Waals surface area contributed by atoms with Gasteiger partial charge in [0.2, 0.25) is 0 Å². The normalized spacial score (nSPS) is 11.8. The average Bonchev–Trinajstić information content (AvgIpc) is 2.38. The molecule has 0 radical (unpaired) electrons. The topological polar surface area (TPSA) is 102 Å². The summed E-state index contributed by atoms with van der Waals surface area (Å²) < 4.78 is 5.28. The second kappa shape index (κ2) is 7.32. The molecule has 1 atom stereocenters. The van der Waals surface area contributed by atoms with E-state index >= 15 is 0 Å². The van der Waals surface area contributed by atoms with Crippen LogP contribution in [0, 0.1) is 10.1 Å². The lowest BCUT2D eigenvalue weighted by molar-refractivity contribution is -0.385. The van der Waals surface area contributed by atoms with Gasteiger partial charge in [0, 0.05) is 12.5 Å². The summed E-state index contributed by atoms with van der Waals surface area (Å²) in [6.45, 7) is 2.43. The van der Waals surface area contributed by atoms with Gasteiger partial charge in [0.25, 0.3) is 0 Å². The SMILES string of the molecule is CCNC(CCOc1ccccc1[N+](=O)[O-])C(=O)O. The van der Waals surface area contributed by atoms with Crippen LogP contribution in [0.4, 0.5) is 5.69 Å². The van der Waals surface area contributed by atoms with Crippen molar-refractivity contribution in [3.8, 4) is 5.75 Å². The molecule has 7 heteroatoms. The molecule has 7 nitrogen and oxygen atoms in total. The highest BCUT2D eigenvalue weighted by molar-refractivity contribution is 5.73. The quantitative estimate of drug-likeness (QED) is 0.546. The van der Waals surface area contributed by atoms with Gasteiger partial charge >= 0.3 is 11.7 Å². The highest BCUT2D eigenvalue weighted by Crippen LogP contribution is 2.25. The van der Waals surface area contributed by atoms with E-state index in [1.54, 1.807) is 19.1 Å². The number of hydrogen-bond donors (Lipinski definition) is 2. The maximum absolute atomic E-state index is 10.9. The first-order valence-corrected chi connectivity index (χ1v) is 5.88. The van der Waals surface area contributed by atoms with Gasteiger partial charge in [-0.1, -0.05) is 19.1 Å². The number of benzene rings is 1. The van der Waals surface area contributed by atoms with Crippen molar-refractivity contribution in [2.24, 2.45) is 0 Å². The number of hydrogen-bond acceptors (Lipinski definition) is 5. The Kier molecular flexibility index (Phi) is 5.74. The number of carboxylic acids is 1. The summed E-state index contributed by atoms with van der Waals surface area (Å²) in [5.74, 6) is -0.818. The molecule has 104 valence electrons. The molecule has 2 N–H and O–H groups in total. The molecule has 0 saturated carbocycles. The summed E-state index contributed by atoms with van der Waals surface area (Å²) in [6, 6.07) is 5.29. The number of likely N-dealkylation sites (N-methyl/N-ethyl adjacent to an activating group) is 1. The molecule has 0 heterocycles. The molecular weight excluding hydrogens is 252 g/mol. The summed E-state index contributed by atoms with van der Waals surface area (Å²) >= 11 is 0. The van der Waals surface area contributed by atoms with Crippen LogP contribution in [0.3, 0.4) is 0 Å². The Labute approximate surface area is 110 Å². The Bertz CT molecular complexity index is 450. The van der Waals surface area contributed by atoms with E-state index < -0.39 is 16.9 Å². The van der Waals surface area contributed by atoms with Crippen molar-refractivity contribution in [3.63, 3.8) is 0 Å². The van der Waals surface area contributed by atoms with Gasteiger partial charge in [-0.25, -0.2) is 0 Å². The average molecular weight is 268 g/mol. The molecule has 1 aromatic rings. The smallest absolute Gasteiger partial charge is 0.320 e. The number of aliphatic carboxylic acids is 1. The fourth-order valence-electron chi connectivity index (χ4n) is 1.58. The predicted octanol–water partition coefficient (Wildman–Crippen LogP) is 1.43. The van der Waals surface area contributed by atoms with Crippen molar-refractivity contribution in [2.45, 2.75) is 19.4 Å². The van der Waals surface area contributed by atoms with Crippen molar-refractivity contribution >= 4 is 11.7 Å². The third-order valence-electron chi connectivity index (χ3n) is 2.47. The third kappa shape index (κ3) is 4.55. The highest BCUT2D eigenvalue weighted by atomic mass is 16.6. The lowest BCUT2D eigenvalue weighted by atomic mass is 10.2. The minimum Gasteiger partial charge on any atom is -0.487 e. The lowest BCUT2D eigenvalue weighted by Crippen LogP contribution is -2.37. The van der Waals surface area contributed by atoms with E-state index in [0.717, 1.165) is 0 Å². The van der Waals surface area contributed by atoms with E-state index in [4.69, 9.17) is 9.84 Å². The summed E-state index contributed by atoms with van der Waals surface area (Å²) in [4.78, 5) is 21.1. The number of nitro benzene ring substituents is 1. The van der Waals surface area contributed by atoms with Gasteiger partial charge in [-0.05, 0) is 12.6 Å². The first kappa shape index (κ1) is 14.9. The molecule has 1 unspecified atom stereocenters. The van der Waals surface area contributed by atoms with Crippen LogP contribution in [0.15, 0.2) is 24.3 Å². The van der Waals surface area contributed by atoms with Gasteiger partial charge in [0.15, 0.2) is 5.75 Å². The van der Waals surface area contributed by atoms with E-state index in [1.807, 2.05) is 0 Å². The Morgan fingerprint density at radius 3 is 2.79 bits per heavy atom. The molecular formula is C12H16N2O5. The number of para-hydroxylation sites is 2. The first-order chi connectivity index (χ1) is 9.06. The molecule has 0 aliphatic heterocycles. The number of ether oxygens (including phenoxy) is 1. The van der Waals surface area contributed by atoms with Gasteiger partial charge in [-0.15, -0.1) is 0 Å². The Balaban J connectivity index is 2.57. The zero-order chi connectivity index (χ0) is 14.3. The van der Waals surface area contributed by atoms with Crippen LogP contribution in [0.5, 0.6) is 5.75 Å². The molecule has 0 spiro atoms. The van der Waals surface area contributed by atoms with Crippen molar-refractivity contribution in [3.05, 3.63) is 34.4 Å². The van der Waals surface area contributed by atoms with Crippen LogP contribution < -0.4 is 10.1 Å². The van der Waals surface area contributed by atoms with Gasteiger partial charge in [0.05, 0.1) is 11.5 Å². The molecule has 0 bridgehead atoms. The number of nitro groups is 1. The molecule has 0 saturated heterocycles. The van der Waals surface area contributed by atoms with E-state index in [1.165, 1.54) is 12.1 Å². The number of nitrogens with zero attached hydrogens (tertiary/aromatic N) is 1. The Morgan fingerprint density at radius 2 is 2.21 bits per heavy atom. The second-order valence-corrected chi connectivity index (χ2v) is 3.81. The summed E-state index contributed by atoms with van der Waals surface area (Å²) in [6.07, 6.45) is 0.231. The largest absolute Gasteiger partial charge is 0.487 e. The van der Waals surface area contributed by atoms with Crippen LogP contribution in [0.2, 0.25) is 0 Å². The fraction of sp³-hybridized carbons (Fsp3) is 0.417.